The standard InChI is InChI=1S/C22H25NO3/c1-5-9-20(26-4)23-15(2)21(22(24)16-10-7-6-8-11-16)18-14-17(25-3)12-13-19(18)23/h6-8,10-14,20H,5,9H2,1-4H3. The van der Waals surface area contributed by atoms with Crippen LogP contribution in [0.4, 0.5) is 0 Å². The highest BCUT2D eigenvalue weighted by Gasteiger charge is 2.24. The van der Waals surface area contributed by atoms with Crippen LogP contribution in [0.1, 0.15) is 47.6 Å². The van der Waals surface area contributed by atoms with E-state index < -0.39 is 0 Å². The first-order chi connectivity index (χ1) is 12.6. The Bertz CT molecular complexity index is 912. The molecule has 0 spiro atoms. The molecule has 26 heavy (non-hydrogen) atoms. The monoisotopic (exact) mass is 351 g/mol. The van der Waals surface area contributed by atoms with Gasteiger partial charge in [0.05, 0.1) is 18.2 Å². The average molecular weight is 351 g/mol. The maximum Gasteiger partial charge on any atom is 0.195 e. The Kier molecular flexibility index (Phi) is 5.43. The molecule has 0 fully saturated rings. The number of ether oxygens (including phenoxy) is 2. The number of rotatable bonds is 7. The van der Waals surface area contributed by atoms with Crippen LogP contribution >= 0.6 is 0 Å². The van der Waals surface area contributed by atoms with E-state index in [0.29, 0.717) is 11.1 Å². The highest BCUT2D eigenvalue weighted by atomic mass is 16.5. The van der Waals surface area contributed by atoms with Crippen LogP contribution in [0.25, 0.3) is 10.9 Å². The van der Waals surface area contributed by atoms with Crippen LogP contribution in [-0.4, -0.2) is 24.6 Å². The molecular weight excluding hydrogens is 326 g/mol. The number of hydrogen-bond acceptors (Lipinski definition) is 3. The number of nitrogens with zero attached hydrogens (tertiary/aromatic N) is 1. The molecule has 0 aliphatic carbocycles. The van der Waals surface area contributed by atoms with Gasteiger partial charge in [0, 0.05) is 23.8 Å². The SMILES string of the molecule is CCCC(OC)n1c(C)c(C(=O)c2ccccc2)c2cc(OC)ccc21. The second kappa shape index (κ2) is 7.75. The quantitative estimate of drug-likeness (QED) is 0.554. The number of hydrogen-bond donors (Lipinski definition) is 0. The predicted molar refractivity (Wildman–Crippen MR) is 104 cm³/mol. The maximum atomic E-state index is 13.3. The number of fused-ring (bicyclic) bond motifs is 1. The highest BCUT2D eigenvalue weighted by Crippen LogP contribution is 2.34. The van der Waals surface area contributed by atoms with Crippen molar-refractivity contribution in [1.82, 2.24) is 4.57 Å². The molecule has 1 aromatic heterocycles. The van der Waals surface area contributed by atoms with Crippen molar-refractivity contribution in [3.05, 3.63) is 65.4 Å². The Morgan fingerprint density at radius 1 is 1.12 bits per heavy atom. The number of carbonyl (C=O) groups is 1. The van der Waals surface area contributed by atoms with Gasteiger partial charge in [-0.05, 0) is 31.5 Å². The lowest BCUT2D eigenvalue weighted by Crippen LogP contribution is -2.13. The molecule has 4 heteroatoms. The van der Waals surface area contributed by atoms with Gasteiger partial charge in [0.1, 0.15) is 12.0 Å². The molecule has 3 rings (SSSR count). The van der Waals surface area contributed by atoms with Crippen LogP contribution in [0, 0.1) is 6.92 Å². The Balaban J connectivity index is 2.27. The van der Waals surface area contributed by atoms with Crippen molar-refractivity contribution in [2.45, 2.75) is 32.9 Å². The summed E-state index contributed by atoms with van der Waals surface area (Å²) >= 11 is 0. The van der Waals surface area contributed by atoms with Gasteiger partial charge < -0.3 is 14.0 Å². The molecule has 0 aliphatic rings. The van der Waals surface area contributed by atoms with Gasteiger partial charge in [-0.25, -0.2) is 0 Å². The molecule has 4 nitrogen and oxygen atoms in total. The molecule has 2 aromatic carbocycles. The third-order valence-electron chi connectivity index (χ3n) is 4.81. The van der Waals surface area contributed by atoms with Gasteiger partial charge in [0.25, 0.3) is 0 Å². The summed E-state index contributed by atoms with van der Waals surface area (Å²) in [6.07, 6.45) is 1.77. The molecule has 0 saturated carbocycles. The molecule has 1 unspecified atom stereocenters. The van der Waals surface area contributed by atoms with E-state index >= 15 is 0 Å². The third kappa shape index (κ3) is 3.13. The number of aromatic nitrogens is 1. The van der Waals surface area contributed by atoms with Crippen LogP contribution in [0.2, 0.25) is 0 Å². The number of ketones is 1. The van der Waals surface area contributed by atoms with E-state index in [9.17, 15) is 4.79 Å². The van der Waals surface area contributed by atoms with Crippen LogP contribution in [0.5, 0.6) is 5.75 Å². The van der Waals surface area contributed by atoms with Gasteiger partial charge in [0.15, 0.2) is 5.78 Å². The molecular formula is C22H25NO3. The fraction of sp³-hybridized carbons (Fsp3) is 0.318. The molecule has 136 valence electrons. The van der Waals surface area contributed by atoms with Crippen molar-refractivity contribution < 1.29 is 14.3 Å². The van der Waals surface area contributed by atoms with Crippen molar-refractivity contribution in [2.24, 2.45) is 0 Å². The topological polar surface area (TPSA) is 40.5 Å². The zero-order valence-electron chi connectivity index (χ0n) is 15.8. The Morgan fingerprint density at radius 3 is 2.46 bits per heavy atom. The fourth-order valence-corrected chi connectivity index (χ4v) is 3.54. The minimum Gasteiger partial charge on any atom is -0.497 e. The van der Waals surface area contributed by atoms with E-state index in [4.69, 9.17) is 9.47 Å². The van der Waals surface area contributed by atoms with E-state index in [1.165, 1.54) is 0 Å². The second-order valence-electron chi connectivity index (χ2n) is 6.39. The van der Waals surface area contributed by atoms with Crippen LogP contribution in [0.3, 0.4) is 0 Å². The first-order valence-electron chi connectivity index (χ1n) is 8.93. The molecule has 0 N–H and O–H groups in total. The zero-order chi connectivity index (χ0) is 18.7. The molecule has 3 aromatic rings. The average Bonchev–Trinajstić information content (AvgIpc) is 2.97. The first kappa shape index (κ1) is 18.2. The summed E-state index contributed by atoms with van der Waals surface area (Å²) in [5.41, 5.74) is 3.30. The molecule has 0 saturated heterocycles. The molecule has 0 radical (unpaired) electrons. The van der Waals surface area contributed by atoms with Crippen LogP contribution < -0.4 is 4.74 Å². The van der Waals surface area contributed by atoms with Crippen molar-refractivity contribution in [3.63, 3.8) is 0 Å². The summed E-state index contributed by atoms with van der Waals surface area (Å²) in [6, 6.07) is 15.3. The highest BCUT2D eigenvalue weighted by molar-refractivity contribution is 6.17. The molecule has 1 heterocycles. The normalized spacial score (nSPS) is 12.3. The molecule has 0 bridgehead atoms. The number of methoxy groups -OCH3 is 2. The van der Waals surface area contributed by atoms with Crippen molar-refractivity contribution in [3.8, 4) is 5.75 Å². The Morgan fingerprint density at radius 2 is 1.85 bits per heavy atom. The summed E-state index contributed by atoms with van der Waals surface area (Å²) < 4.78 is 13.3. The summed E-state index contributed by atoms with van der Waals surface area (Å²) in [6.45, 7) is 4.12. The van der Waals surface area contributed by atoms with E-state index in [1.54, 1.807) is 14.2 Å². The van der Waals surface area contributed by atoms with E-state index in [0.717, 1.165) is 35.2 Å². The third-order valence-corrected chi connectivity index (χ3v) is 4.81. The fourth-order valence-electron chi connectivity index (χ4n) is 3.54. The summed E-state index contributed by atoms with van der Waals surface area (Å²) in [4.78, 5) is 13.3. The minimum absolute atomic E-state index is 0.0199. The largest absolute Gasteiger partial charge is 0.497 e. The predicted octanol–water partition coefficient (Wildman–Crippen LogP) is 5.13. The van der Waals surface area contributed by atoms with Crippen LogP contribution in [-0.2, 0) is 4.74 Å². The van der Waals surface area contributed by atoms with E-state index in [2.05, 4.69) is 11.5 Å². The molecule has 0 amide bonds. The first-order valence-corrected chi connectivity index (χ1v) is 8.93. The summed E-state index contributed by atoms with van der Waals surface area (Å²) in [5, 5.41) is 0.897. The van der Waals surface area contributed by atoms with Gasteiger partial charge in [0.2, 0.25) is 0 Å². The summed E-state index contributed by atoms with van der Waals surface area (Å²) in [5.74, 6) is 0.757. The lowest BCUT2D eigenvalue weighted by atomic mass is 10.0. The smallest absolute Gasteiger partial charge is 0.195 e. The van der Waals surface area contributed by atoms with Gasteiger partial charge in [-0.15, -0.1) is 0 Å². The van der Waals surface area contributed by atoms with Gasteiger partial charge >= 0.3 is 0 Å². The lowest BCUT2D eigenvalue weighted by Gasteiger charge is -2.20. The minimum atomic E-state index is -0.104. The van der Waals surface area contributed by atoms with Gasteiger partial charge in [-0.2, -0.15) is 0 Å². The van der Waals surface area contributed by atoms with E-state index in [-0.39, 0.29) is 12.0 Å². The van der Waals surface area contributed by atoms with E-state index in [1.807, 2.05) is 55.5 Å². The number of carbonyl (C=O) groups excluding carboxylic acids is 1. The van der Waals surface area contributed by atoms with Crippen molar-refractivity contribution >= 4 is 16.7 Å². The Hall–Kier alpha value is -2.59. The number of benzene rings is 2. The van der Waals surface area contributed by atoms with Gasteiger partial charge in [-0.1, -0.05) is 43.7 Å². The lowest BCUT2D eigenvalue weighted by molar-refractivity contribution is 0.0385. The van der Waals surface area contributed by atoms with Crippen molar-refractivity contribution in [2.75, 3.05) is 14.2 Å². The summed E-state index contributed by atoms with van der Waals surface area (Å²) in [7, 11) is 3.35. The zero-order valence-corrected chi connectivity index (χ0v) is 15.8. The van der Waals surface area contributed by atoms with Gasteiger partial charge in [-0.3, -0.25) is 4.79 Å². The Labute approximate surface area is 154 Å². The molecule has 0 aliphatic heterocycles. The van der Waals surface area contributed by atoms with Crippen molar-refractivity contribution in [1.29, 1.82) is 0 Å². The van der Waals surface area contributed by atoms with Crippen LogP contribution in [0.15, 0.2) is 48.5 Å². The molecule has 1 atom stereocenters. The second-order valence-corrected chi connectivity index (χ2v) is 6.39. The maximum absolute atomic E-state index is 13.3.